The van der Waals surface area contributed by atoms with Gasteiger partial charge in [0.25, 0.3) is 0 Å². The summed E-state index contributed by atoms with van der Waals surface area (Å²) < 4.78 is 24.1. The highest BCUT2D eigenvalue weighted by atomic mass is 32.2. The highest BCUT2D eigenvalue weighted by Crippen LogP contribution is 2.41. The first-order chi connectivity index (χ1) is 10.3. The molecule has 0 aromatic rings. The number of hydrogen-bond donors (Lipinski definition) is 0. The highest BCUT2D eigenvalue weighted by Gasteiger charge is 2.44. The zero-order valence-corrected chi connectivity index (χ0v) is 13.5. The van der Waals surface area contributed by atoms with Gasteiger partial charge in [-0.1, -0.05) is 0 Å². The molecule has 0 amide bonds. The quantitative estimate of drug-likeness (QED) is 0.783. The lowest BCUT2D eigenvalue weighted by Gasteiger charge is -2.41. The third-order valence-electron chi connectivity index (χ3n) is 5.41. The molecular formula is C16H26O4S. The number of rotatable bonds is 2. The monoisotopic (exact) mass is 314 g/mol. The predicted molar refractivity (Wildman–Crippen MR) is 81.6 cm³/mol. The summed E-state index contributed by atoms with van der Waals surface area (Å²) in [6.07, 6.45) is 8.24. The summed E-state index contributed by atoms with van der Waals surface area (Å²) in [5, 5.41) is 0. The first-order valence-corrected chi connectivity index (χ1v) is 9.58. The minimum Gasteiger partial charge on any atom is -0.375 e. The van der Waals surface area contributed by atoms with Crippen LogP contribution >= 0.6 is 11.8 Å². The molecule has 5 heteroatoms. The average molecular weight is 314 g/mol. The van der Waals surface area contributed by atoms with Crippen LogP contribution in [0.25, 0.3) is 0 Å². The van der Waals surface area contributed by atoms with Crippen molar-refractivity contribution in [2.24, 2.45) is 0 Å². The van der Waals surface area contributed by atoms with E-state index in [2.05, 4.69) is 0 Å². The number of ether oxygens (including phenoxy) is 4. The van der Waals surface area contributed by atoms with Crippen molar-refractivity contribution >= 4 is 11.8 Å². The SMILES string of the molecule is C1CC(OC2CCC3(CC2)OCCO3)CC2(CCSC2)O1. The number of thioether (sulfide) groups is 1. The van der Waals surface area contributed by atoms with Crippen LogP contribution in [-0.2, 0) is 18.9 Å². The second-order valence-corrected chi connectivity index (χ2v) is 8.00. The fourth-order valence-electron chi connectivity index (χ4n) is 4.19. The van der Waals surface area contributed by atoms with E-state index in [9.17, 15) is 0 Å². The third kappa shape index (κ3) is 3.13. The van der Waals surface area contributed by atoms with E-state index in [0.717, 1.165) is 64.1 Å². The first-order valence-electron chi connectivity index (χ1n) is 8.43. The summed E-state index contributed by atoms with van der Waals surface area (Å²) in [6.45, 7) is 2.38. The van der Waals surface area contributed by atoms with Crippen LogP contribution in [0.1, 0.15) is 44.9 Å². The Morgan fingerprint density at radius 2 is 1.67 bits per heavy atom. The maximum absolute atomic E-state index is 6.42. The fourth-order valence-corrected chi connectivity index (χ4v) is 5.57. The van der Waals surface area contributed by atoms with Crippen LogP contribution in [0.3, 0.4) is 0 Å². The molecule has 21 heavy (non-hydrogen) atoms. The number of hydrogen-bond acceptors (Lipinski definition) is 5. The molecule has 2 unspecified atom stereocenters. The van der Waals surface area contributed by atoms with Crippen molar-refractivity contribution in [3.05, 3.63) is 0 Å². The van der Waals surface area contributed by atoms with Gasteiger partial charge in [0.2, 0.25) is 0 Å². The molecule has 3 aliphatic heterocycles. The summed E-state index contributed by atoms with van der Waals surface area (Å²) in [5.41, 5.74) is 0.126. The molecule has 4 fully saturated rings. The maximum atomic E-state index is 6.42. The Morgan fingerprint density at radius 3 is 2.38 bits per heavy atom. The van der Waals surface area contributed by atoms with Crippen molar-refractivity contribution in [2.75, 3.05) is 31.3 Å². The lowest BCUT2D eigenvalue weighted by Crippen LogP contribution is -2.45. The molecule has 2 spiro atoms. The second-order valence-electron chi connectivity index (χ2n) is 6.89. The average Bonchev–Trinajstić information content (AvgIpc) is 3.13. The van der Waals surface area contributed by atoms with Gasteiger partial charge >= 0.3 is 0 Å². The lowest BCUT2D eigenvalue weighted by molar-refractivity contribution is -0.203. The highest BCUT2D eigenvalue weighted by molar-refractivity contribution is 7.99. The van der Waals surface area contributed by atoms with Crippen LogP contribution in [0.15, 0.2) is 0 Å². The third-order valence-corrected chi connectivity index (χ3v) is 6.63. The second kappa shape index (κ2) is 6.00. The molecule has 0 bridgehead atoms. The zero-order valence-electron chi connectivity index (χ0n) is 12.7. The van der Waals surface area contributed by atoms with E-state index in [1.807, 2.05) is 11.8 Å². The Kier molecular flexibility index (Phi) is 4.22. The molecule has 3 saturated heterocycles. The van der Waals surface area contributed by atoms with Crippen molar-refractivity contribution in [3.63, 3.8) is 0 Å². The van der Waals surface area contributed by atoms with Gasteiger partial charge in [-0.2, -0.15) is 11.8 Å². The van der Waals surface area contributed by atoms with Gasteiger partial charge in [-0.3, -0.25) is 0 Å². The molecule has 0 aromatic heterocycles. The fraction of sp³-hybridized carbons (Fsp3) is 1.00. The molecule has 4 nitrogen and oxygen atoms in total. The predicted octanol–water partition coefficient (Wildman–Crippen LogP) is 2.74. The molecule has 4 rings (SSSR count). The molecule has 1 saturated carbocycles. The van der Waals surface area contributed by atoms with Crippen molar-refractivity contribution in [1.29, 1.82) is 0 Å². The van der Waals surface area contributed by atoms with E-state index >= 15 is 0 Å². The van der Waals surface area contributed by atoms with Gasteiger partial charge in [-0.15, -0.1) is 0 Å². The van der Waals surface area contributed by atoms with E-state index in [0.29, 0.717) is 12.2 Å². The van der Waals surface area contributed by atoms with Crippen molar-refractivity contribution in [3.8, 4) is 0 Å². The smallest absolute Gasteiger partial charge is 0.168 e. The van der Waals surface area contributed by atoms with E-state index in [4.69, 9.17) is 18.9 Å². The van der Waals surface area contributed by atoms with Crippen LogP contribution in [0, 0.1) is 0 Å². The molecule has 120 valence electrons. The van der Waals surface area contributed by atoms with Crippen LogP contribution < -0.4 is 0 Å². The van der Waals surface area contributed by atoms with E-state index in [1.165, 1.54) is 12.2 Å². The normalized spacial score (nSPS) is 40.3. The lowest BCUT2D eigenvalue weighted by atomic mass is 9.89. The summed E-state index contributed by atoms with van der Waals surface area (Å²) in [4.78, 5) is 0. The molecule has 0 aromatic carbocycles. The molecule has 2 atom stereocenters. The Morgan fingerprint density at radius 1 is 0.857 bits per heavy atom. The first kappa shape index (κ1) is 14.8. The summed E-state index contributed by atoms with van der Waals surface area (Å²) in [7, 11) is 0. The maximum Gasteiger partial charge on any atom is 0.168 e. The largest absolute Gasteiger partial charge is 0.375 e. The minimum atomic E-state index is -0.265. The standard InChI is InChI=1S/C16H26O4S/c1-4-16(18-8-9-19-16)5-2-13(1)20-14-3-7-17-15(11-14)6-10-21-12-15/h13-14H,1-12H2. The molecule has 3 heterocycles. The van der Waals surface area contributed by atoms with Crippen LogP contribution in [0.5, 0.6) is 0 Å². The van der Waals surface area contributed by atoms with Gasteiger partial charge in [0.1, 0.15) is 0 Å². The zero-order chi connectivity index (χ0) is 14.2. The van der Waals surface area contributed by atoms with Gasteiger partial charge in [0.05, 0.1) is 31.0 Å². The van der Waals surface area contributed by atoms with Gasteiger partial charge in [-0.05, 0) is 31.4 Å². The Labute approximate surface area is 131 Å². The molecule has 4 aliphatic rings. The Balaban J connectivity index is 1.28. The van der Waals surface area contributed by atoms with Crippen molar-refractivity contribution in [2.45, 2.75) is 68.5 Å². The summed E-state index contributed by atoms with van der Waals surface area (Å²) in [6, 6.07) is 0. The van der Waals surface area contributed by atoms with E-state index in [-0.39, 0.29) is 11.4 Å². The Hall–Kier alpha value is 0.190. The van der Waals surface area contributed by atoms with Gasteiger partial charge < -0.3 is 18.9 Å². The van der Waals surface area contributed by atoms with E-state index < -0.39 is 0 Å². The van der Waals surface area contributed by atoms with Crippen molar-refractivity contribution < 1.29 is 18.9 Å². The van der Waals surface area contributed by atoms with Crippen LogP contribution in [0.2, 0.25) is 0 Å². The van der Waals surface area contributed by atoms with Gasteiger partial charge in [-0.25, -0.2) is 0 Å². The van der Waals surface area contributed by atoms with Gasteiger partial charge in [0.15, 0.2) is 5.79 Å². The van der Waals surface area contributed by atoms with E-state index in [1.54, 1.807) is 0 Å². The molecule has 1 aliphatic carbocycles. The Bertz CT molecular complexity index is 353. The van der Waals surface area contributed by atoms with Crippen molar-refractivity contribution in [1.82, 2.24) is 0 Å². The molecule has 0 radical (unpaired) electrons. The van der Waals surface area contributed by atoms with Crippen LogP contribution in [-0.4, -0.2) is 54.9 Å². The molecule has 0 N–H and O–H groups in total. The summed E-state index contributed by atoms with van der Waals surface area (Å²) in [5.74, 6) is 2.13. The minimum absolute atomic E-state index is 0.126. The topological polar surface area (TPSA) is 36.9 Å². The van der Waals surface area contributed by atoms with Gasteiger partial charge in [0, 0.05) is 31.6 Å². The molecular weight excluding hydrogens is 288 g/mol. The summed E-state index contributed by atoms with van der Waals surface area (Å²) >= 11 is 2.03. The van der Waals surface area contributed by atoms with Crippen LogP contribution in [0.4, 0.5) is 0 Å².